The van der Waals surface area contributed by atoms with Gasteiger partial charge in [0.2, 0.25) is 17.5 Å². The minimum Gasteiger partial charge on any atom is -0.508 e. The third kappa shape index (κ3) is 3.50. The molecular weight excluding hydrogens is 432 g/mol. The van der Waals surface area contributed by atoms with Crippen molar-refractivity contribution >= 4 is 11.0 Å². The van der Waals surface area contributed by atoms with Crippen molar-refractivity contribution in [3.8, 4) is 45.8 Å². The van der Waals surface area contributed by atoms with Crippen LogP contribution in [0.4, 0.5) is 0 Å². The van der Waals surface area contributed by atoms with E-state index in [0.717, 1.165) is 24.3 Å². The van der Waals surface area contributed by atoms with Gasteiger partial charge in [-0.15, -0.1) is 0 Å². The summed E-state index contributed by atoms with van der Waals surface area (Å²) >= 11 is 0. The summed E-state index contributed by atoms with van der Waals surface area (Å²) in [5.41, 5.74) is -1.44. The van der Waals surface area contributed by atoms with Crippen molar-refractivity contribution in [3.63, 3.8) is 0 Å². The molecule has 0 saturated carbocycles. The average molecular weight is 450 g/mol. The minimum atomic E-state index is -1.78. The number of phenols is 5. The molecule has 2 aromatic carbocycles. The van der Waals surface area contributed by atoms with Gasteiger partial charge >= 0.3 is 0 Å². The molecule has 1 aliphatic rings. The number of aromatic hydroxyl groups is 5. The fourth-order valence-corrected chi connectivity index (χ4v) is 3.30. The molecule has 32 heavy (non-hydrogen) atoms. The molecule has 12 heteroatoms. The predicted molar refractivity (Wildman–Crippen MR) is 105 cm³/mol. The molecule has 0 amide bonds. The summed E-state index contributed by atoms with van der Waals surface area (Å²) in [6.45, 7) is -0.433. The van der Waals surface area contributed by atoms with E-state index in [1.165, 1.54) is 0 Å². The maximum atomic E-state index is 13.2. The van der Waals surface area contributed by atoms with Gasteiger partial charge < -0.3 is 54.7 Å². The van der Waals surface area contributed by atoms with E-state index >= 15 is 0 Å². The number of phenolic OH excluding ortho intramolecular Hbond substituents is 5. The Morgan fingerprint density at radius 1 is 0.875 bits per heavy atom. The van der Waals surface area contributed by atoms with Crippen LogP contribution in [0.1, 0.15) is 0 Å². The van der Waals surface area contributed by atoms with E-state index < -0.39 is 82.3 Å². The maximum absolute atomic E-state index is 13.2. The Hall–Kier alpha value is -3.71. The van der Waals surface area contributed by atoms with Gasteiger partial charge in [0, 0.05) is 17.7 Å². The fraction of sp³-hybridized carbons (Fsp3) is 0.250. The van der Waals surface area contributed by atoms with Gasteiger partial charge in [-0.2, -0.15) is 0 Å². The Morgan fingerprint density at radius 2 is 1.53 bits per heavy atom. The van der Waals surface area contributed by atoms with Crippen molar-refractivity contribution in [1.82, 2.24) is 0 Å². The van der Waals surface area contributed by atoms with E-state index in [1.807, 2.05) is 0 Å². The minimum absolute atomic E-state index is 0.166. The Kier molecular flexibility index (Phi) is 5.22. The highest BCUT2D eigenvalue weighted by molar-refractivity contribution is 5.88. The summed E-state index contributed by atoms with van der Waals surface area (Å²) in [5, 5.41) is 78.4. The van der Waals surface area contributed by atoms with Crippen molar-refractivity contribution in [2.75, 3.05) is 6.61 Å². The number of rotatable bonds is 3. The fourth-order valence-electron chi connectivity index (χ4n) is 3.30. The van der Waals surface area contributed by atoms with Crippen LogP contribution in [0.2, 0.25) is 0 Å². The Morgan fingerprint density at radius 3 is 2.19 bits per heavy atom. The van der Waals surface area contributed by atoms with E-state index in [0.29, 0.717) is 0 Å². The molecule has 8 N–H and O–H groups in total. The average Bonchev–Trinajstić information content (AvgIpc) is 2.72. The lowest BCUT2D eigenvalue weighted by molar-refractivity contribution is -0.242. The van der Waals surface area contributed by atoms with E-state index in [1.54, 1.807) is 0 Å². The van der Waals surface area contributed by atoms with Crippen LogP contribution in [0, 0.1) is 0 Å². The standard InChI is InChI=1S/C20H18O12/c21-7-3-8(22)13-12(4-7)31-18(6-1-9(23)14(26)10(24)2-6)19(16(13)28)32-20-17(29)15(27)11(25)5-30-20/h1-4,11,15,17,20-27,29H,5H2/t11-,15+,17-,20+/m1/s1. The van der Waals surface area contributed by atoms with E-state index in [4.69, 9.17) is 13.9 Å². The number of benzene rings is 2. The highest BCUT2D eigenvalue weighted by Gasteiger charge is 2.40. The van der Waals surface area contributed by atoms with Crippen LogP contribution in [-0.4, -0.2) is 72.1 Å². The number of hydrogen-bond acceptors (Lipinski definition) is 12. The van der Waals surface area contributed by atoms with Gasteiger partial charge in [-0.1, -0.05) is 0 Å². The number of fused-ring (bicyclic) bond motifs is 1. The molecule has 1 aliphatic heterocycles. The molecule has 0 aliphatic carbocycles. The summed E-state index contributed by atoms with van der Waals surface area (Å²) < 4.78 is 16.2. The molecule has 4 atom stereocenters. The van der Waals surface area contributed by atoms with Crippen LogP contribution in [0.15, 0.2) is 33.5 Å². The second-order valence-electron chi connectivity index (χ2n) is 7.16. The maximum Gasteiger partial charge on any atom is 0.239 e. The number of aliphatic hydroxyl groups excluding tert-OH is 3. The SMILES string of the molecule is O=c1c(O[C@@H]2OC[C@@H](O)[C@H](O)[C@H]2O)c(-c2cc(O)c(O)c(O)c2)oc2cc(O)cc(O)c12. The topological polar surface area (TPSA) is 211 Å². The lowest BCUT2D eigenvalue weighted by Gasteiger charge is -2.34. The largest absolute Gasteiger partial charge is 0.508 e. The lowest BCUT2D eigenvalue weighted by Crippen LogP contribution is -2.55. The summed E-state index contributed by atoms with van der Waals surface area (Å²) in [6.07, 6.45) is -6.49. The molecule has 0 bridgehead atoms. The predicted octanol–water partition coefficient (Wildman–Crippen LogP) is -0.194. The second kappa shape index (κ2) is 7.76. The van der Waals surface area contributed by atoms with Crippen molar-refractivity contribution in [3.05, 3.63) is 34.5 Å². The summed E-state index contributed by atoms with van der Waals surface area (Å²) in [6, 6.07) is 3.78. The molecule has 1 saturated heterocycles. The number of hydrogen-bond donors (Lipinski definition) is 8. The molecular formula is C20H18O12. The first-order valence-corrected chi connectivity index (χ1v) is 9.19. The Balaban J connectivity index is 1.95. The van der Waals surface area contributed by atoms with E-state index in [-0.39, 0.29) is 11.1 Å². The third-order valence-corrected chi connectivity index (χ3v) is 4.94. The van der Waals surface area contributed by atoms with Gasteiger partial charge in [0.05, 0.1) is 6.61 Å². The number of ether oxygens (including phenoxy) is 2. The van der Waals surface area contributed by atoms with Gasteiger partial charge in [-0.05, 0) is 12.1 Å². The molecule has 1 fully saturated rings. The van der Waals surface area contributed by atoms with Gasteiger partial charge in [0.15, 0.2) is 23.0 Å². The van der Waals surface area contributed by atoms with Crippen LogP contribution in [-0.2, 0) is 4.74 Å². The van der Waals surface area contributed by atoms with Crippen LogP contribution < -0.4 is 10.2 Å². The zero-order chi connectivity index (χ0) is 23.3. The molecule has 0 radical (unpaired) electrons. The summed E-state index contributed by atoms with van der Waals surface area (Å²) in [7, 11) is 0. The molecule has 1 aromatic heterocycles. The van der Waals surface area contributed by atoms with Crippen molar-refractivity contribution < 1.29 is 54.7 Å². The molecule has 2 heterocycles. The monoisotopic (exact) mass is 450 g/mol. The third-order valence-electron chi connectivity index (χ3n) is 4.94. The normalized spacial score (nSPS) is 23.3. The smallest absolute Gasteiger partial charge is 0.239 e. The molecule has 4 rings (SSSR count). The van der Waals surface area contributed by atoms with E-state index in [9.17, 15) is 45.6 Å². The van der Waals surface area contributed by atoms with Crippen LogP contribution >= 0.6 is 0 Å². The van der Waals surface area contributed by atoms with Crippen molar-refractivity contribution in [2.45, 2.75) is 24.6 Å². The molecule has 0 unspecified atom stereocenters. The Labute approximate surface area is 178 Å². The van der Waals surface area contributed by atoms with Gasteiger partial charge in [0.1, 0.15) is 40.8 Å². The summed E-state index contributed by atoms with van der Waals surface area (Å²) in [5.74, 6) is -4.54. The van der Waals surface area contributed by atoms with Crippen LogP contribution in [0.5, 0.6) is 34.5 Å². The van der Waals surface area contributed by atoms with Gasteiger partial charge in [-0.3, -0.25) is 4.79 Å². The van der Waals surface area contributed by atoms with Gasteiger partial charge in [0.25, 0.3) is 0 Å². The molecule has 170 valence electrons. The zero-order valence-electron chi connectivity index (χ0n) is 16.0. The molecule has 3 aromatic rings. The first-order valence-electron chi connectivity index (χ1n) is 9.19. The summed E-state index contributed by atoms with van der Waals surface area (Å²) in [4.78, 5) is 13.2. The van der Waals surface area contributed by atoms with Crippen LogP contribution in [0.3, 0.4) is 0 Å². The van der Waals surface area contributed by atoms with E-state index in [2.05, 4.69) is 0 Å². The highest BCUT2D eigenvalue weighted by Crippen LogP contribution is 2.42. The lowest BCUT2D eigenvalue weighted by atomic mass is 10.1. The Bertz CT molecular complexity index is 1230. The van der Waals surface area contributed by atoms with Gasteiger partial charge in [-0.25, -0.2) is 0 Å². The van der Waals surface area contributed by atoms with Crippen molar-refractivity contribution in [1.29, 1.82) is 0 Å². The molecule has 12 nitrogen and oxygen atoms in total. The second-order valence-corrected chi connectivity index (χ2v) is 7.16. The van der Waals surface area contributed by atoms with Crippen LogP contribution in [0.25, 0.3) is 22.3 Å². The van der Waals surface area contributed by atoms with Crippen molar-refractivity contribution in [2.24, 2.45) is 0 Å². The molecule has 0 spiro atoms. The number of aliphatic hydroxyl groups is 3. The first kappa shape index (κ1) is 21.5. The highest BCUT2D eigenvalue weighted by atomic mass is 16.7. The first-order chi connectivity index (χ1) is 15.1. The quantitative estimate of drug-likeness (QED) is 0.244. The zero-order valence-corrected chi connectivity index (χ0v) is 16.0.